The molecule has 0 radical (unpaired) electrons. The molecule has 1 heterocycles. The number of aryl methyl sites for hydroxylation is 1. The van der Waals surface area contributed by atoms with Gasteiger partial charge in [-0.1, -0.05) is 65.9 Å². The van der Waals surface area contributed by atoms with E-state index in [2.05, 4.69) is 5.32 Å². The molecule has 1 amide bonds. The van der Waals surface area contributed by atoms with E-state index in [0.29, 0.717) is 20.5 Å². The van der Waals surface area contributed by atoms with Gasteiger partial charge in [-0.2, -0.15) is 0 Å². The third kappa shape index (κ3) is 4.37. The minimum atomic E-state index is -0.442. The van der Waals surface area contributed by atoms with Crippen LogP contribution in [0.15, 0.2) is 53.4 Å². The lowest BCUT2D eigenvalue weighted by atomic mass is 10.1. The van der Waals surface area contributed by atoms with Crippen molar-refractivity contribution in [2.45, 2.75) is 6.92 Å². The van der Waals surface area contributed by atoms with Crippen LogP contribution in [-0.4, -0.2) is 34.9 Å². The second-order valence-electron chi connectivity index (χ2n) is 5.89. The molecule has 2 aromatic rings. The molecule has 0 spiro atoms. The number of nitrogens with one attached hydrogen (secondary N) is 1. The number of anilines is 1. The van der Waals surface area contributed by atoms with Gasteiger partial charge in [-0.25, -0.2) is 4.79 Å². The van der Waals surface area contributed by atoms with Crippen molar-refractivity contribution < 1.29 is 14.3 Å². The number of carbonyl (C=O) groups excluding carboxylic acids is 2. The molecule has 7 heteroatoms. The summed E-state index contributed by atoms with van der Waals surface area (Å²) in [5.41, 5.74) is 3.10. The summed E-state index contributed by atoms with van der Waals surface area (Å²) in [5.74, 6) is -0.601. The highest BCUT2D eigenvalue weighted by molar-refractivity contribution is 8.26. The van der Waals surface area contributed by atoms with Crippen LogP contribution in [0.2, 0.25) is 0 Å². The zero-order valence-electron chi connectivity index (χ0n) is 14.9. The summed E-state index contributed by atoms with van der Waals surface area (Å²) in [6.45, 7) is 2.19. The molecule has 0 bridgehead atoms. The second-order valence-corrected chi connectivity index (χ2v) is 7.57. The average molecular weight is 399 g/mol. The van der Waals surface area contributed by atoms with E-state index in [1.54, 1.807) is 24.3 Å². The molecule has 3 rings (SSSR count). The summed E-state index contributed by atoms with van der Waals surface area (Å²) < 4.78 is 5.26. The molecule has 0 atom stereocenters. The van der Waals surface area contributed by atoms with Crippen LogP contribution in [0.25, 0.3) is 6.08 Å². The van der Waals surface area contributed by atoms with Crippen LogP contribution in [-0.2, 0) is 9.53 Å². The van der Waals surface area contributed by atoms with Gasteiger partial charge < -0.3 is 10.1 Å². The molecule has 2 aromatic carbocycles. The summed E-state index contributed by atoms with van der Waals surface area (Å²) in [7, 11) is 1.33. The zero-order chi connectivity index (χ0) is 19.4. The van der Waals surface area contributed by atoms with Gasteiger partial charge in [0.2, 0.25) is 0 Å². The number of nitrogens with zero attached hydrogens (tertiary/aromatic N) is 1. The fourth-order valence-electron chi connectivity index (χ4n) is 2.54. The maximum Gasteiger partial charge on any atom is 0.339 e. The van der Waals surface area contributed by atoms with E-state index in [1.165, 1.54) is 23.8 Å². The van der Waals surface area contributed by atoms with Crippen LogP contribution in [0.4, 0.5) is 5.69 Å². The normalized spacial score (nSPS) is 15.3. The Morgan fingerprint density at radius 1 is 1.22 bits per heavy atom. The van der Waals surface area contributed by atoms with E-state index in [9.17, 15) is 9.59 Å². The van der Waals surface area contributed by atoms with Crippen molar-refractivity contribution in [3.8, 4) is 0 Å². The number of carbonyl (C=O) groups is 2. The first-order valence-corrected chi connectivity index (χ1v) is 9.45. The van der Waals surface area contributed by atoms with Gasteiger partial charge in [0.25, 0.3) is 5.91 Å². The molecule has 1 saturated heterocycles. The molecular weight excluding hydrogens is 380 g/mol. The Labute approximate surface area is 167 Å². The third-order valence-corrected chi connectivity index (χ3v) is 5.39. The lowest BCUT2D eigenvalue weighted by Crippen LogP contribution is -2.33. The van der Waals surface area contributed by atoms with Crippen molar-refractivity contribution in [1.82, 2.24) is 4.90 Å². The number of benzene rings is 2. The molecule has 27 heavy (non-hydrogen) atoms. The standard InChI is InChI=1S/C20H18N2O3S2/c1-13-7-9-14(10-8-13)11-17-18(23)22(20(26)27-17)12-21-16-6-4-3-5-15(16)19(24)25-2/h3-11,21H,12H2,1-2H3/b17-11-. The first kappa shape index (κ1) is 19.1. The summed E-state index contributed by atoms with van der Waals surface area (Å²) in [5, 5.41) is 3.10. The van der Waals surface area contributed by atoms with Gasteiger partial charge in [0.15, 0.2) is 0 Å². The molecular formula is C20H18N2O3S2. The zero-order valence-corrected chi connectivity index (χ0v) is 16.5. The van der Waals surface area contributed by atoms with Gasteiger partial charge in [0, 0.05) is 0 Å². The molecule has 0 unspecified atom stereocenters. The number of ether oxygens (including phenoxy) is 1. The number of hydrogen-bond acceptors (Lipinski definition) is 6. The maximum absolute atomic E-state index is 12.7. The SMILES string of the molecule is COC(=O)c1ccccc1NCN1C(=O)/C(=C/c2ccc(C)cc2)SC1=S. The van der Waals surface area contributed by atoms with Crippen LogP contribution < -0.4 is 5.32 Å². The number of hydrogen-bond donors (Lipinski definition) is 1. The lowest BCUT2D eigenvalue weighted by molar-refractivity contribution is -0.121. The molecule has 1 aliphatic heterocycles. The Kier molecular flexibility index (Phi) is 5.93. The summed E-state index contributed by atoms with van der Waals surface area (Å²) in [6.07, 6.45) is 1.83. The van der Waals surface area contributed by atoms with E-state index >= 15 is 0 Å². The number of methoxy groups -OCH3 is 1. The highest BCUT2D eigenvalue weighted by atomic mass is 32.2. The Morgan fingerprint density at radius 2 is 1.93 bits per heavy atom. The fraction of sp³-hybridized carbons (Fsp3) is 0.150. The quantitative estimate of drug-likeness (QED) is 0.466. The molecule has 0 aliphatic carbocycles. The van der Waals surface area contributed by atoms with Crippen molar-refractivity contribution >= 4 is 51.9 Å². The van der Waals surface area contributed by atoms with E-state index in [0.717, 1.165) is 11.1 Å². The van der Waals surface area contributed by atoms with Gasteiger partial charge in [-0.05, 0) is 30.7 Å². The molecule has 1 fully saturated rings. The maximum atomic E-state index is 12.7. The van der Waals surface area contributed by atoms with Gasteiger partial charge in [-0.3, -0.25) is 9.69 Å². The minimum Gasteiger partial charge on any atom is -0.465 e. The van der Waals surface area contributed by atoms with Crippen molar-refractivity contribution in [2.24, 2.45) is 0 Å². The van der Waals surface area contributed by atoms with Crippen molar-refractivity contribution in [2.75, 3.05) is 19.1 Å². The summed E-state index contributed by atoms with van der Waals surface area (Å²) >= 11 is 6.62. The van der Waals surface area contributed by atoms with Crippen LogP contribution in [0.5, 0.6) is 0 Å². The number of amides is 1. The molecule has 0 aromatic heterocycles. The highest BCUT2D eigenvalue weighted by Crippen LogP contribution is 2.32. The van der Waals surface area contributed by atoms with E-state index in [1.807, 2.05) is 37.3 Å². The van der Waals surface area contributed by atoms with Crippen molar-refractivity contribution in [1.29, 1.82) is 0 Å². The lowest BCUT2D eigenvalue weighted by Gasteiger charge is -2.17. The smallest absolute Gasteiger partial charge is 0.339 e. The average Bonchev–Trinajstić information content (AvgIpc) is 2.94. The predicted molar refractivity (Wildman–Crippen MR) is 112 cm³/mol. The number of rotatable bonds is 5. The fourth-order valence-corrected chi connectivity index (χ4v) is 3.79. The van der Waals surface area contributed by atoms with Crippen LogP contribution >= 0.6 is 24.0 Å². The van der Waals surface area contributed by atoms with E-state index < -0.39 is 5.97 Å². The van der Waals surface area contributed by atoms with E-state index in [4.69, 9.17) is 17.0 Å². The Morgan fingerprint density at radius 3 is 2.63 bits per heavy atom. The molecule has 5 nitrogen and oxygen atoms in total. The number of thiocarbonyl (C=S) groups is 1. The van der Waals surface area contributed by atoms with Gasteiger partial charge in [0.1, 0.15) is 4.32 Å². The number of esters is 1. The minimum absolute atomic E-state index is 0.159. The van der Waals surface area contributed by atoms with Crippen molar-refractivity contribution in [3.63, 3.8) is 0 Å². The Bertz CT molecular complexity index is 923. The van der Waals surface area contributed by atoms with Crippen LogP contribution in [0, 0.1) is 6.92 Å². The van der Waals surface area contributed by atoms with Gasteiger partial charge in [0.05, 0.1) is 29.9 Å². The summed E-state index contributed by atoms with van der Waals surface area (Å²) in [6, 6.07) is 14.9. The number of thioether (sulfide) groups is 1. The molecule has 0 saturated carbocycles. The predicted octanol–water partition coefficient (Wildman–Crippen LogP) is 4.05. The first-order valence-electron chi connectivity index (χ1n) is 8.23. The molecule has 138 valence electrons. The molecule has 1 aliphatic rings. The van der Waals surface area contributed by atoms with Crippen molar-refractivity contribution in [3.05, 3.63) is 70.1 Å². The van der Waals surface area contributed by atoms with Crippen LogP contribution in [0.1, 0.15) is 21.5 Å². The van der Waals surface area contributed by atoms with Gasteiger partial charge in [-0.15, -0.1) is 0 Å². The van der Waals surface area contributed by atoms with E-state index in [-0.39, 0.29) is 12.6 Å². The first-order chi connectivity index (χ1) is 13.0. The monoisotopic (exact) mass is 398 g/mol. The Hall–Kier alpha value is -2.64. The topological polar surface area (TPSA) is 58.6 Å². The van der Waals surface area contributed by atoms with Crippen LogP contribution in [0.3, 0.4) is 0 Å². The van der Waals surface area contributed by atoms with Gasteiger partial charge >= 0.3 is 5.97 Å². The Balaban J connectivity index is 1.73. The third-order valence-electron chi connectivity index (χ3n) is 4.01. The highest BCUT2D eigenvalue weighted by Gasteiger charge is 2.32. The second kappa shape index (κ2) is 8.37. The molecule has 1 N–H and O–H groups in total. The number of para-hydroxylation sites is 1. The summed E-state index contributed by atoms with van der Waals surface area (Å²) in [4.78, 5) is 26.6. The largest absolute Gasteiger partial charge is 0.465 e.